The standard InChI is InChI=1S/C9H8N2O/c1-12-9-7-5-3-2-4-6(7)8(10)11-9/h2-5,10H,1H3. The highest BCUT2D eigenvalue weighted by atomic mass is 16.5. The van der Waals surface area contributed by atoms with E-state index in [0.717, 1.165) is 11.1 Å². The highest BCUT2D eigenvalue weighted by Crippen LogP contribution is 2.18. The summed E-state index contributed by atoms with van der Waals surface area (Å²) in [5, 5.41) is 7.50. The summed E-state index contributed by atoms with van der Waals surface area (Å²) in [6.45, 7) is 0. The second-order valence-electron chi connectivity index (χ2n) is 2.52. The molecule has 0 spiro atoms. The third-order valence-corrected chi connectivity index (χ3v) is 1.82. The minimum Gasteiger partial charge on any atom is -0.480 e. The van der Waals surface area contributed by atoms with Crippen molar-refractivity contribution in [2.45, 2.75) is 0 Å². The van der Waals surface area contributed by atoms with Crippen LogP contribution in [0, 0.1) is 5.41 Å². The fraction of sp³-hybridized carbons (Fsp3) is 0.111. The van der Waals surface area contributed by atoms with Crippen molar-refractivity contribution in [1.82, 2.24) is 0 Å². The molecule has 0 fully saturated rings. The van der Waals surface area contributed by atoms with Crippen LogP contribution in [0.25, 0.3) is 0 Å². The zero-order chi connectivity index (χ0) is 8.55. The zero-order valence-electron chi connectivity index (χ0n) is 6.66. The molecule has 1 aromatic rings. The van der Waals surface area contributed by atoms with E-state index in [1.54, 1.807) is 7.11 Å². The van der Waals surface area contributed by atoms with Gasteiger partial charge in [-0.15, -0.1) is 0 Å². The third-order valence-electron chi connectivity index (χ3n) is 1.82. The molecule has 0 radical (unpaired) electrons. The molecule has 0 atom stereocenters. The Balaban J connectivity index is 2.60. The molecule has 3 nitrogen and oxygen atoms in total. The van der Waals surface area contributed by atoms with Crippen molar-refractivity contribution in [3.8, 4) is 0 Å². The molecule has 1 aliphatic rings. The van der Waals surface area contributed by atoms with E-state index in [-0.39, 0.29) is 5.84 Å². The maximum atomic E-state index is 7.50. The second kappa shape index (κ2) is 2.44. The summed E-state index contributed by atoms with van der Waals surface area (Å²) in [6, 6.07) is 7.57. The van der Waals surface area contributed by atoms with E-state index in [0.29, 0.717) is 5.90 Å². The van der Waals surface area contributed by atoms with Crippen molar-refractivity contribution in [2.75, 3.05) is 7.11 Å². The predicted molar refractivity (Wildman–Crippen MR) is 46.8 cm³/mol. The number of benzene rings is 1. The molecule has 0 bridgehead atoms. The number of amidine groups is 1. The zero-order valence-corrected chi connectivity index (χ0v) is 6.66. The average molecular weight is 160 g/mol. The number of hydrogen-bond acceptors (Lipinski definition) is 2. The largest absolute Gasteiger partial charge is 0.480 e. The molecule has 60 valence electrons. The number of ether oxygens (including phenoxy) is 1. The van der Waals surface area contributed by atoms with Crippen LogP contribution in [0.5, 0.6) is 0 Å². The number of aliphatic imine (C=N–C) groups is 1. The summed E-state index contributed by atoms with van der Waals surface area (Å²) >= 11 is 0. The van der Waals surface area contributed by atoms with Crippen molar-refractivity contribution in [3.05, 3.63) is 35.4 Å². The second-order valence-corrected chi connectivity index (χ2v) is 2.52. The summed E-state index contributed by atoms with van der Waals surface area (Å²) in [4.78, 5) is 3.95. The van der Waals surface area contributed by atoms with Crippen LogP contribution < -0.4 is 0 Å². The van der Waals surface area contributed by atoms with E-state index in [1.165, 1.54) is 0 Å². The van der Waals surface area contributed by atoms with Gasteiger partial charge in [0.05, 0.1) is 7.11 Å². The SMILES string of the molecule is COC1=NC(=N)c2ccccc21. The van der Waals surface area contributed by atoms with Gasteiger partial charge in [-0.25, -0.2) is 0 Å². The first-order chi connectivity index (χ1) is 5.83. The molecular weight excluding hydrogens is 152 g/mol. The lowest BCUT2D eigenvalue weighted by Crippen LogP contribution is -1.99. The van der Waals surface area contributed by atoms with Gasteiger partial charge in [0.15, 0.2) is 5.84 Å². The van der Waals surface area contributed by atoms with Gasteiger partial charge in [0.1, 0.15) is 0 Å². The molecule has 0 saturated carbocycles. The van der Waals surface area contributed by atoms with Crippen LogP contribution in [0.15, 0.2) is 29.3 Å². The van der Waals surface area contributed by atoms with Crippen molar-refractivity contribution in [1.29, 1.82) is 5.41 Å². The Morgan fingerprint density at radius 2 is 1.92 bits per heavy atom. The summed E-state index contributed by atoms with van der Waals surface area (Å²) < 4.78 is 5.02. The average Bonchev–Trinajstić information content (AvgIpc) is 2.44. The molecular formula is C9H8N2O. The van der Waals surface area contributed by atoms with Gasteiger partial charge < -0.3 is 4.74 Å². The van der Waals surface area contributed by atoms with E-state index in [2.05, 4.69) is 4.99 Å². The Labute approximate surface area is 70.2 Å². The van der Waals surface area contributed by atoms with Crippen LogP contribution in [0.1, 0.15) is 11.1 Å². The quantitative estimate of drug-likeness (QED) is 0.612. The maximum Gasteiger partial charge on any atom is 0.223 e. The monoisotopic (exact) mass is 160 g/mol. The van der Waals surface area contributed by atoms with E-state index < -0.39 is 0 Å². The molecule has 1 heterocycles. The molecule has 0 aliphatic carbocycles. The smallest absolute Gasteiger partial charge is 0.223 e. The number of methoxy groups -OCH3 is 1. The molecule has 1 aromatic carbocycles. The summed E-state index contributed by atoms with van der Waals surface area (Å²) in [7, 11) is 1.56. The summed E-state index contributed by atoms with van der Waals surface area (Å²) in [6.07, 6.45) is 0. The van der Waals surface area contributed by atoms with Crippen molar-refractivity contribution in [3.63, 3.8) is 0 Å². The number of nitrogens with zero attached hydrogens (tertiary/aromatic N) is 1. The van der Waals surface area contributed by atoms with Crippen molar-refractivity contribution >= 4 is 11.7 Å². The van der Waals surface area contributed by atoms with Gasteiger partial charge in [-0.05, 0) is 6.07 Å². The third kappa shape index (κ3) is 0.830. The molecule has 1 aliphatic heterocycles. The van der Waals surface area contributed by atoms with E-state index in [1.807, 2.05) is 24.3 Å². The van der Waals surface area contributed by atoms with Crippen LogP contribution in [-0.2, 0) is 4.74 Å². The Morgan fingerprint density at radius 3 is 2.58 bits per heavy atom. The van der Waals surface area contributed by atoms with Gasteiger partial charge in [-0.3, -0.25) is 5.41 Å². The van der Waals surface area contributed by atoms with Crippen LogP contribution in [0.2, 0.25) is 0 Å². The Morgan fingerprint density at radius 1 is 1.25 bits per heavy atom. The number of hydrogen-bond donors (Lipinski definition) is 1. The highest BCUT2D eigenvalue weighted by Gasteiger charge is 2.19. The lowest BCUT2D eigenvalue weighted by Gasteiger charge is -1.98. The first-order valence-corrected chi connectivity index (χ1v) is 3.64. The van der Waals surface area contributed by atoms with Crippen LogP contribution >= 0.6 is 0 Å². The normalized spacial score (nSPS) is 14.1. The first-order valence-electron chi connectivity index (χ1n) is 3.64. The Bertz CT molecular complexity index is 369. The summed E-state index contributed by atoms with van der Waals surface area (Å²) in [5.74, 6) is 0.818. The number of rotatable bonds is 0. The number of fused-ring (bicyclic) bond motifs is 1. The molecule has 0 aromatic heterocycles. The molecule has 2 rings (SSSR count). The minimum absolute atomic E-state index is 0.280. The van der Waals surface area contributed by atoms with E-state index in [9.17, 15) is 0 Å². The lowest BCUT2D eigenvalue weighted by molar-refractivity contribution is 0.406. The molecule has 1 N–H and O–H groups in total. The van der Waals surface area contributed by atoms with E-state index in [4.69, 9.17) is 10.1 Å². The molecule has 3 heteroatoms. The van der Waals surface area contributed by atoms with Crippen molar-refractivity contribution in [2.24, 2.45) is 4.99 Å². The van der Waals surface area contributed by atoms with Gasteiger partial charge >= 0.3 is 0 Å². The van der Waals surface area contributed by atoms with Crippen molar-refractivity contribution < 1.29 is 4.74 Å². The van der Waals surface area contributed by atoms with Gasteiger partial charge in [0, 0.05) is 11.1 Å². The fourth-order valence-electron chi connectivity index (χ4n) is 1.25. The van der Waals surface area contributed by atoms with E-state index >= 15 is 0 Å². The number of nitrogens with one attached hydrogen (secondary N) is 1. The van der Waals surface area contributed by atoms with Gasteiger partial charge in [-0.2, -0.15) is 4.99 Å². The Hall–Kier alpha value is -1.64. The molecule has 12 heavy (non-hydrogen) atoms. The topological polar surface area (TPSA) is 45.4 Å². The highest BCUT2D eigenvalue weighted by molar-refractivity contribution is 6.19. The van der Waals surface area contributed by atoms with Gasteiger partial charge in [0.25, 0.3) is 0 Å². The van der Waals surface area contributed by atoms with Crippen LogP contribution in [0.4, 0.5) is 0 Å². The van der Waals surface area contributed by atoms with Crippen LogP contribution in [-0.4, -0.2) is 18.8 Å². The molecule has 0 amide bonds. The maximum absolute atomic E-state index is 7.50. The molecule has 0 saturated heterocycles. The Kier molecular flexibility index (Phi) is 1.43. The lowest BCUT2D eigenvalue weighted by atomic mass is 10.1. The van der Waals surface area contributed by atoms with Gasteiger partial charge in [0.2, 0.25) is 5.90 Å². The van der Waals surface area contributed by atoms with Gasteiger partial charge in [-0.1, -0.05) is 18.2 Å². The summed E-state index contributed by atoms with van der Waals surface area (Å²) in [5.41, 5.74) is 1.75. The fourth-order valence-corrected chi connectivity index (χ4v) is 1.25. The first kappa shape index (κ1) is 7.03. The predicted octanol–water partition coefficient (Wildman–Crippen LogP) is 1.42. The van der Waals surface area contributed by atoms with Crippen LogP contribution in [0.3, 0.4) is 0 Å². The molecule has 0 unspecified atom stereocenters. The minimum atomic E-state index is 0.280.